The van der Waals surface area contributed by atoms with Crippen molar-refractivity contribution < 1.29 is 4.79 Å². The first kappa shape index (κ1) is 12.2. The number of nitrogens with two attached hydrogens (primary N) is 1. The molecule has 0 unspecified atom stereocenters. The number of hydrogen-bond donors (Lipinski definition) is 2. The van der Waals surface area contributed by atoms with Gasteiger partial charge in [-0.3, -0.25) is 4.79 Å². The summed E-state index contributed by atoms with van der Waals surface area (Å²) < 4.78 is 0. The van der Waals surface area contributed by atoms with E-state index in [2.05, 4.69) is 15.3 Å². The Morgan fingerprint density at radius 2 is 1.95 bits per heavy atom. The third-order valence-corrected chi connectivity index (χ3v) is 3.40. The van der Waals surface area contributed by atoms with Crippen LogP contribution in [0, 0.1) is 0 Å². The number of fused-ring (bicyclic) bond motifs is 1. The number of anilines is 1. The molecule has 0 saturated heterocycles. The van der Waals surface area contributed by atoms with Crippen molar-refractivity contribution in [1.82, 2.24) is 15.3 Å². The normalized spacial score (nSPS) is 13.3. The summed E-state index contributed by atoms with van der Waals surface area (Å²) in [6, 6.07) is 5.07. The molecule has 1 aromatic carbocycles. The molecule has 96 valence electrons. The Kier molecular flexibility index (Phi) is 2.80. The Hall–Kier alpha value is -1.85. The first-order chi connectivity index (χ1) is 9.06. The fourth-order valence-electron chi connectivity index (χ4n) is 2.01. The van der Waals surface area contributed by atoms with Crippen molar-refractivity contribution in [3.05, 3.63) is 39.5 Å². The van der Waals surface area contributed by atoms with E-state index >= 15 is 0 Å². The van der Waals surface area contributed by atoms with Gasteiger partial charge < -0.3 is 11.1 Å². The van der Waals surface area contributed by atoms with E-state index in [9.17, 15) is 4.79 Å². The van der Waals surface area contributed by atoms with Crippen LogP contribution in [-0.4, -0.2) is 15.9 Å². The number of aromatic nitrogens is 2. The van der Waals surface area contributed by atoms with E-state index in [0.717, 1.165) is 0 Å². The lowest BCUT2D eigenvalue weighted by Crippen LogP contribution is -2.13. The van der Waals surface area contributed by atoms with Gasteiger partial charge in [0.25, 0.3) is 5.91 Å². The number of carbonyl (C=O) groups excluding carboxylic acids is 1. The summed E-state index contributed by atoms with van der Waals surface area (Å²) in [5.41, 5.74) is 7.87. The molecule has 1 aliphatic rings. The van der Waals surface area contributed by atoms with Crippen molar-refractivity contribution in [3.8, 4) is 11.3 Å². The third-order valence-electron chi connectivity index (χ3n) is 2.85. The summed E-state index contributed by atoms with van der Waals surface area (Å²) in [5.74, 6) is -0.216. The topological polar surface area (TPSA) is 80.9 Å². The van der Waals surface area contributed by atoms with Crippen LogP contribution in [0.1, 0.15) is 16.1 Å². The van der Waals surface area contributed by atoms with Crippen molar-refractivity contribution >= 4 is 35.1 Å². The van der Waals surface area contributed by atoms with Crippen LogP contribution in [0.2, 0.25) is 10.0 Å². The quantitative estimate of drug-likeness (QED) is 0.845. The number of carbonyl (C=O) groups is 1. The van der Waals surface area contributed by atoms with E-state index in [0.29, 0.717) is 39.1 Å². The van der Waals surface area contributed by atoms with Gasteiger partial charge in [0.1, 0.15) is 5.69 Å². The van der Waals surface area contributed by atoms with Gasteiger partial charge in [0.15, 0.2) is 0 Å². The Balaban J connectivity index is 2.26. The molecular formula is C12H8Cl2N4O. The Bertz CT molecular complexity index is 702. The molecule has 0 aliphatic carbocycles. The SMILES string of the molecule is Nc1nc2c(c(-c3ccc(Cl)cc3Cl)n1)CNC2=O. The monoisotopic (exact) mass is 294 g/mol. The van der Waals surface area contributed by atoms with Gasteiger partial charge in [0.2, 0.25) is 5.95 Å². The van der Waals surface area contributed by atoms with Crippen molar-refractivity contribution in [2.24, 2.45) is 0 Å². The maximum absolute atomic E-state index is 11.6. The number of hydrogen-bond acceptors (Lipinski definition) is 4. The van der Waals surface area contributed by atoms with E-state index in [1.54, 1.807) is 18.2 Å². The minimum atomic E-state index is -0.254. The summed E-state index contributed by atoms with van der Waals surface area (Å²) in [5, 5.41) is 3.67. The van der Waals surface area contributed by atoms with Gasteiger partial charge >= 0.3 is 0 Å². The number of amides is 1. The standard InChI is InChI=1S/C12H8Cl2N4O/c13-5-1-2-6(8(14)3-5)9-7-4-16-11(19)10(7)18-12(15)17-9/h1-3H,4H2,(H,16,19)(H2,15,17,18). The minimum Gasteiger partial charge on any atom is -0.368 e. The second-order valence-corrected chi connectivity index (χ2v) is 4.91. The minimum absolute atomic E-state index is 0.0387. The number of halogens is 2. The zero-order valence-corrected chi connectivity index (χ0v) is 11.1. The van der Waals surface area contributed by atoms with Crippen LogP contribution < -0.4 is 11.1 Å². The van der Waals surface area contributed by atoms with Crippen molar-refractivity contribution in [1.29, 1.82) is 0 Å². The summed E-state index contributed by atoms with van der Waals surface area (Å²) in [6.45, 7) is 0.364. The molecule has 1 amide bonds. The summed E-state index contributed by atoms with van der Waals surface area (Å²) in [7, 11) is 0. The molecule has 1 aromatic heterocycles. The van der Waals surface area contributed by atoms with Crippen LogP contribution >= 0.6 is 23.2 Å². The van der Waals surface area contributed by atoms with Crippen LogP contribution in [0.25, 0.3) is 11.3 Å². The Morgan fingerprint density at radius 3 is 2.68 bits per heavy atom. The molecule has 0 spiro atoms. The Labute approximate surface area is 118 Å². The average molecular weight is 295 g/mol. The van der Waals surface area contributed by atoms with Crippen LogP contribution in [0.4, 0.5) is 5.95 Å². The number of nitrogens with one attached hydrogen (secondary N) is 1. The van der Waals surface area contributed by atoms with E-state index in [-0.39, 0.29) is 11.9 Å². The number of rotatable bonds is 1. The zero-order chi connectivity index (χ0) is 13.6. The smallest absolute Gasteiger partial charge is 0.270 e. The molecule has 3 N–H and O–H groups in total. The fourth-order valence-corrected chi connectivity index (χ4v) is 2.51. The first-order valence-corrected chi connectivity index (χ1v) is 6.22. The predicted octanol–water partition coefficient (Wildman–Crippen LogP) is 2.28. The average Bonchev–Trinajstić information content (AvgIpc) is 2.71. The lowest BCUT2D eigenvalue weighted by molar-refractivity contribution is 0.0961. The van der Waals surface area contributed by atoms with Crippen molar-refractivity contribution in [2.75, 3.05) is 5.73 Å². The molecule has 19 heavy (non-hydrogen) atoms. The van der Waals surface area contributed by atoms with Crippen LogP contribution in [0.15, 0.2) is 18.2 Å². The third kappa shape index (κ3) is 2.01. The van der Waals surface area contributed by atoms with Crippen molar-refractivity contribution in [2.45, 2.75) is 6.54 Å². The lowest BCUT2D eigenvalue weighted by Gasteiger charge is -2.08. The predicted molar refractivity (Wildman–Crippen MR) is 73.1 cm³/mol. The molecule has 0 saturated carbocycles. The molecule has 1 aliphatic heterocycles. The maximum Gasteiger partial charge on any atom is 0.270 e. The molecule has 0 radical (unpaired) electrons. The fraction of sp³-hybridized carbons (Fsp3) is 0.0833. The summed E-state index contributed by atoms with van der Waals surface area (Å²) >= 11 is 12.0. The van der Waals surface area contributed by atoms with Crippen molar-refractivity contribution in [3.63, 3.8) is 0 Å². The van der Waals surface area contributed by atoms with Gasteiger partial charge in [0.05, 0.1) is 10.7 Å². The molecule has 3 rings (SSSR count). The highest BCUT2D eigenvalue weighted by atomic mass is 35.5. The van der Waals surface area contributed by atoms with Crippen LogP contribution in [0.3, 0.4) is 0 Å². The van der Waals surface area contributed by atoms with Gasteiger partial charge in [-0.1, -0.05) is 23.2 Å². The van der Waals surface area contributed by atoms with Gasteiger partial charge in [-0.25, -0.2) is 9.97 Å². The highest BCUT2D eigenvalue weighted by Gasteiger charge is 2.26. The zero-order valence-electron chi connectivity index (χ0n) is 9.58. The summed E-state index contributed by atoms with van der Waals surface area (Å²) in [4.78, 5) is 19.8. The molecule has 5 nitrogen and oxygen atoms in total. The summed E-state index contributed by atoms with van der Waals surface area (Å²) in [6.07, 6.45) is 0. The molecule has 0 fully saturated rings. The van der Waals surface area contributed by atoms with Gasteiger partial charge in [-0.05, 0) is 18.2 Å². The van der Waals surface area contributed by atoms with Crippen LogP contribution in [-0.2, 0) is 6.54 Å². The number of nitrogens with zero attached hydrogens (tertiary/aromatic N) is 2. The molecule has 0 bridgehead atoms. The van der Waals surface area contributed by atoms with Gasteiger partial charge in [0, 0.05) is 22.7 Å². The lowest BCUT2D eigenvalue weighted by atomic mass is 10.1. The molecular weight excluding hydrogens is 287 g/mol. The second kappa shape index (κ2) is 4.36. The number of benzene rings is 1. The molecule has 2 aromatic rings. The molecule has 2 heterocycles. The number of nitrogen functional groups attached to an aromatic ring is 1. The van der Waals surface area contributed by atoms with E-state index in [1.807, 2.05) is 0 Å². The largest absolute Gasteiger partial charge is 0.368 e. The van der Waals surface area contributed by atoms with E-state index < -0.39 is 0 Å². The van der Waals surface area contributed by atoms with E-state index in [1.165, 1.54) is 0 Å². The second-order valence-electron chi connectivity index (χ2n) is 4.06. The Morgan fingerprint density at radius 1 is 1.21 bits per heavy atom. The van der Waals surface area contributed by atoms with Gasteiger partial charge in [-0.2, -0.15) is 0 Å². The van der Waals surface area contributed by atoms with E-state index in [4.69, 9.17) is 28.9 Å². The van der Waals surface area contributed by atoms with Crippen LogP contribution in [0.5, 0.6) is 0 Å². The molecule has 7 heteroatoms. The van der Waals surface area contributed by atoms with Gasteiger partial charge in [-0.15, -0.1) is 0 Å². The molecule has 0 atom stereocenters. The highest BCUT2D eigenvalue weighted by Crippen LogP contribution is 2.33. The first-order valence-electron chi connectivity index (χ1n) is 5.46. The maximum atomic E-state index is 11.6. The highest BCUT2D eigenvalue weighted by molar-refractivity contribution is 6.36.